The van der Waals surface area contributed by atoms with E-state index in [2.05, 4.69) is 36.0 Å². The van der Waals surface area contributed by atoms with E-state index >= 15 is 0 Å². The summed E-state index contributed by atoms with van der Waals surface area (Å²) in [6.45, 7) is 7.89. The average Bonchev–Trinajstić information content (AvgIpc) is 2.58. The molecule has 0 atom stereocenters. The molecule has 2 rings (SSSR count). The Morgan fingerprint density at radius 3 is 2.50 bits per heavy atom. The molecule has 0 saturated carbocycles. The molecule has 0 N–H and O–H groups in total. The molecule has 8 nitrogen and oxygen atoms in total. The van der Waals surface area contributed by atoms with E-state index in [1.165, 1.54) is 4.90 Å². The fourth-order valence-electron chi connectivity index (χ4n) is 2.27. The van der Waals surface area contributed by atoms with E-state index in [9.17, 15) is 4.79 Å². The van der Waals surface area contributed by atoms with Gasteiger partial charge in [0.15, 0.2) is 0 Å². The predicted molar refractivity (Wildman–Crippen MR) is 103 cm³/mol. The third-order valence-electron chi connectivity index (χ3n) is 3.65. The van der Waals surface area contributed by atoms with Crippen LogP contribution in [0.15, 0.2) is 22.0 Å². The number of amides is 1. The molecule has 0 aromatic carbocycles. The zero-order chi connectivity index (χ0) is 19.2. The molecular weight excluding hydrogens is 402 g/mol. The van der Waals surface area contributed by atoms with Crippen LogP contribution >= 0.6 is 15.9 Å². The first-order chi connectivity index (χ1) is 12.2. The molecule has 1 aliphatic rings. The molecule has 1 saturated heterocycles. The quantitative estimate of drug-likeness (QED) is 0.530. The van der Waals surface area contributed by atoms with Gasteiger partial charge in [0.25, 0.3) is 0 Å². The largest absolute Gasteiger partial charge is 0.444 e. The second kappa shape index (κ2) is 9.16. The SMILES string of the molecule is CN(CCON=C1CCN(c2ncc(Br)cn2)CC1)C(=O)OC(C)(C)C. The number of ether oxygens (including phenoxy) is 1. The first-order valence-electron chi connectivity index (χ1n) is 8.59. The standard InChI is InChI=1S/C17H26BrN5O3/c1-17(2,3)26-16(24)22(4)9-10-25-21-14-5-7-23(8-6-14)15-19-11-13(18)12-20-15/h11-12H,5-10H2,1-4H3. The van der Waals surface area contributed by atoms with Crippen molar-refractivity contribution in [3.8, 4) is 0 Å². The van der Waals surface area contributed by atoms with Crippen LogP contribution in [0.4, 0.5) is 10.7 Å². The molecule has 1 aromatic rings. The van der Waals surface area contributed by atoms with Gasteiger partial charge in [-0.15, -0.1) is 0 Å². The van der Waals surface area contributed by atoms with Crippen molar-refractivity contribution >= 4 is 33.7 Å². The number of halogens is 1. The molecule has 2 heterocycles. The lowest BCUT2D eigenvalue weighted by Gasteiger charge is -2.27. The number of hydrogen-bond acceptors (Lipinski definition) is 7. The molecule has 0 aliphatic carbocycles. The number of rotatable bonds is 5. The van der Waals surface area contributed by atoms with Crippen LogP contribution in [0.2, 0.25) is 0 Å². The van der Waals surface area contributed by atoms with Crippen LogP contribution in [0.5, 0.6) is 0 Å². The molecule has 0 spiro atoms. The maximum atomic E-state index is 11.8. The molecule has 26 heavy (non-hydrogen) atoms. The number of nitrogens with zero attached hydrogens (tertiary/aromatic N) is 5. The fourth-order valence-corrected chi connectivity index (χ4v) is 2.48. The molecule has 1 aliphatic heterocycles. The Balaban J connectivity index is 1.69. The number of hydrogen-bond donors (Lipinski definition) is 0. The monoisotopic (exact) mass is 427 g/mol. The lowest BCUT2D eigenvalue weighted by Crippen LogP contribution is -2.36. The number of carbonyl (C=O) groups is 1. The normalized spacial score (nSPS) is 14.8. The molecule has 1 fully saturated rings. The van der Waals surface area contributed by atoms with Crippen LogP contribution in [-0.4, -0.2) is 65.6 Å². The van der Waals surface area contributed by atoms with Crippen molar-refractivity contribution < 1.29 is 14.4 Å². The van der Waals surface area contributed by atoms with Crippen LogP contribution in [0.3, 0.4) is 0 Å². The van der Waals surface area contributed by atoms with Gasteiger partial charge in [0.2, 0.25) is 5.95 Å². The molecular formula is C17H26BrN5O3. The zero-order valence-corrected chi connectivity index (χ0v) is 17.3. The maximum absolute atomic E-state index is 11.8. The highest BCUT2D eigenvalue weighted by Crippen LogP contribution is 2.16. The molecule has 0 bridgehead atoms. The molecule has 1 amide bonds. The summed E-state index contributed by atoms with van der Waals surface area (Å²) in [4.78, 5) is 29.4. The van der Waals surface area contributed by atoms with Crippen molar-refractivity contribution in [2.24, 2.45) is 5.16 Å². The molecule has 0 radical (unpaired) electrons. The van der Waals surface area contributed by atoms with Crippen molar-refractivity contribution in [3.05, 3.63) is 16.9 Å². The predicted octanol–water partition coefficient (Wildman–Crippen LogP) is 3.08. The van der Waals surface area contributed by atoms with Crippen LogP contribution in [-0.2, 0) is 9.57 Å². The number of oxime groups is 1. The van der Waals surface area contributed by atoms with Crippen molar-refractivity contribution in [3.63, 3.8) is 0 Å². The van der Waals surface area contributed by atoms with E-state index < -0.39 is 5.60 Å². The zero-order valence-electron chi connectivity index (χ0n) is 15.7. The van der Waals surface area contributed by atoms with Gasteiger partial charge in [0.1, 0.15) is 12.2 Å². The Hall–Kier alpha value is -1.90. The van der Waals surface area contributed by atoms with Gasteiger partial charge < -0.3 is 19.4 Å². The van der Waals surface area contributed by atoms with Gasteiger partial charge in [0.05, 0.1) is 16.7 Å². The summed E-state index contributed by atoms with van der Waals surface area (Å²) in [7, 11) is 1.68. The number of piperidine rings is 1. The lowest BCUT2D eigenvalue weighted by atomic mass is 10.1. The van der Waals surface area contributed by atoms with Crippen molar-refractivity contribution in [2.45, 2.75) is 39.2 Å². The highest BCUT2D eigenvalue weighted by atomic mass is 79.9. The number of anilines is 1. The Morgan fingerprint density at radius 1 is 1.31 bits per heavy atom. The van der Waals surface area contributed by atoms with Crippen LogP contribution in [0.1, 0.15) is 33.6 Å². The Bertz CT molecular complexity index is 620. The minimum absolute atomic E-state index is 0.332. The summed E-state index contributed by atoms with van der Waals surface area (Å²) in [6.07, 6.45) is 4.74. The van der Waals surface area contributed by atoms with Crippen molar-refractivity contribution in [2.75, 3.05) is 38.2 Å². The van der Waals surface area contributed by atoms with Crippen LogP contribution in [0.25, 0.3) is 0 Å². The van der Waals surface area contributed by atoms with Gasteiger partial charge in [-0.1, -0.05) is 5.16 Å². The van der Waals surface area contributed by atoms with E-state index in [1.807, 2.05) is 20.8 Å². The molecule has 0 unspecified atom stereocenters. The summed E-state index contributed by atoms with van der Waals surface area (Å²) < 4.78 is 6.15. The molecule has 9 heteroatoms. The van der Waals surface area contributed by atoms with E-state index in [1.54, 1.807) is 19.4 Å². The van der Waals surface area contributed by atoms with Gasteiger partial charge >= 0.3 is 6.09 Å². The summed E-state index contributed by atoms with van der Waals surface area (Å²) in [6, 6.07) is 0. The molecule has 144 valence electrons. The molecule has 1 aromatic heterocycles. The minimum atomic E-state index is -0.501. The summed E-state index contributed by atoms with van der Waals surface area (Å²) in [5.41, 5.74) is 0.511. The first kappa shape index (κ1) is 20.4. The van der Waals surface area contributed by atoms with Gasteiger partial charge in [-0.3, -0.25) is 0 Å². The van der Waals surface area contributed by atoms with Crippen molar-refractivity contribution in [1.82, 2.24) is 14.9 Å². The minimum Gasteiger partial charge on any atom is -0.444 e. The Morgan fingerprint density at radius 2 is 1.92 bits per heavy atom. The second-order valence-electron chi connectivity index (χ2n) is 7.08. The van der Waals surface area contributed by atoms with Gasteiger partial charge in [0, 0.05) is 45.4 Å². The van der Waals surface area contributed by atoms with Gasteiger partial charge in [-0.25, -0.2) is 14.8 Å². The number of aromatic nitrogens is 2. The van der Waals surface area contributed by atoms with Crippen molar-refractivity contribution in [1.29, 1.82) is 0 Å². The Labute approximate surface area is 162 Å². The second-order valence-corrected chi connectivity index (χ2v) is 8.00. The van der Waals surface area contributed by atoms with Crippen LogP contribution < -0.4 is 4.90 Å². The average molecular weight is 428 g/mol. The Kier molecular flexibility index (Phi) is 7.19. The fraction of sp³-hybridized carbons (Fsp3) is 0.647. The van der Waals surface area contributed by atoms with E-state index in [4.69, 9.17) is 9.57 Å². The van der Waals surface area contributed by atoms with E-state index in [0.29, 0.717) is 13.2 Å². The van der Waals surface area contributed by atoms with Crippen LogP contribution in [0, 0.1) is 0 Å². The smallest absolute Gasteiger partial charge is 0.410 e. The summed E-state index contributed by atoms with van der Waals surface area (Å²) in [5.74, 6) is 0.729. The van der Waals surface area contributed by atoms with E-state index in [0.717, 1.165) is 42.1 Å². The maximum Gasteiger partial charge on any atom is 0.410 e. The number of likely N-dealkylation sites (N-methyl/N-ethyl adjacent to an activating group) is 1. The van der Waals surface area contributed by atoms with E-state index in [-0.39, 0.29) is 6.09 Å². The summed E-state index contributed by atoms with van der Waals surface area (Å²) in [5, 5.41) is 4.19. The third-order valence-corrected chi connectivity index (χ3v) is 4.06. The summed E-state index contributed by atoms with van der Waals surface area (Å²) >= 11 is 3.34. The third kappa shape index (κ3) is 6.78. The topological polar surface area (TPSA) is 80.2 Å². The van der Waals surface area contributed by atoms with Gasteiger partial charge in [-0.05, 0) is 36.7 Å². The highest BCUT2D eigenvalue weighted by Gasteiger charge is 2.20. The first-order valence-corrected chi connectivity index (χ1v) is 9.38. The lowest BCUT2D eigenvalue weighted by molar-refractivity contribution is 0.0235. The van der Waals surface area contributed by atoms with Gasteiger partial charge in [-0.2, -0.15) is 0 Å². The number of carbonyl (C=O) groups excluding carboxylic acids is 1. The highest BCUT2D eigenvalue weighted by molar-refractivity contribution is 9.10.